The molecule has 24 heavy (non-hydrogen) atoms. The Morgan fingerprint density at radius 2 is 2.21 bits per heavy atom. The van der Waals surface area contributed by atoms with Gasteiger partial charge in [-0.1, -0.05) is 23.9 Å². The van der Waals surface area contributed by atoms with E-state index in [0.717, 1.165) is 10.5 Å². The van der Waals surface area contributed by atoms with E-state index in [1.54, 1.807) is 6.33 Å². The van der Waals surface area contributed by atoms with E-state index in [9.17, 15) is 4.79 Å². The predicted octanol–water partition coefficient (Wildman–Crippen LogP) is 2.89. The van der Waals surface area contributed by atoms with Crippen molar-refractivity contribution < 1.29 is 4.42 Å². The molecular weight excluding hydrogens is 326 g/mol. The molecule has 0 spiro atoms. The number of nitrogens with one attached hydrogen (secondary N) is 1. The van der Waals surface area contributed by atoms with Gasteiger partial charge in [0, 0.05) is 11.4 Å². The zero-order valence-corrected chi connectivity index (χ0v) is 13.4. The monoisotopic (exact) mass is 339 g/mol. The Labute approximate surface area is 140 Å². The molecule has 1 N–H and O–H groups in total. The summed E-state index contributed by atoms with van der Waals surface area (Å²) in [6.07, 6.45) is 4.12. The number of furan rings is 1. The van der Waals surface area contributed by atoms with Crippen molar-refractivity contribution in [2.75, 3.05) is 0 Å². The van der Waals surface area contributed by atoms with Crippen molar-refractivity contribution in [3.8, 4) is 0 Å². The summed E-state index contributed by atoms with van der Waals surface area (Å²) in [5.74, 6) is 1.13. The molecule has 1 fully saturated rings. The number of para-hydroxylation sites is 1. The van der Waals surface area contributed by atoms with Crippen LogP contribution in [0.15, 0.2) is 45.0 Å². The Bertz CT molecular complexity index is 1110. The number of fused-ring (bicyclic) bond motifs is 3. The van der Waals surface area contributed by atoms with Crippen molar-refractivity contribution in [3.05, 3.63) is 46.8 Å². The highest BCUT2D eigenvalue weighted by molar-refractivity contribution is 7.98. The summed E-state index contributed by atoms with van der Waals surface area (Å²) in [6.45, 7) is 0. The van der Waals surface area contributed by atoms with E-state index in [1.165, 1.54) is 24.6 Å². The van der Waals surface area contributed by atoms with Crippen LogP contribution in [0.1, 0.15) is 24.7 Å². The quantitative estimate of drug-likeness (QED) is 0.575. The van der Waals surface area contributed by atoms with Gasteiger partial charge in [0.05, 0.1) is 5.75 Å². The molecule has 7 nitrogen and oxygen atoms in total. The third-order valence-corrected chi connectivity index (χ3v) is 5.07. The fraction of sp³-hybridized carbons (Fsp3) is 0.250. The van der Waals surface area contributed by atoms with E-state index in [1.807, 2.05) is 24.3 Å². The first-order valence-electron chi connectivity index (χ1n) is 7.72. The highest BCUT2D eigenvalue weighted by Gasteiger charge is 2.26. The summed E-state index contributed by atoms with van der Waals surface area (Å²) in [5, 5.41) is 9.85. The van der Waals surface area contributed by atoms with Crippen LogP contribution in [0.4, 0.5) is 0 Å². The molecule has 8 heteroatoms. The van der Waals surface area contributed by atoms with Crippen LogP contribution in [0.3, 0.4) is 0 Å². The second-order valence-corrected chi connectivity index (χ2v) is 6.77. The van der Waals surface area contributed by atoms with Crippen molar-refractivity contribution >= 4 is 33.8 Å². The summed E-state index contributed by atoms with van der Waals surface area (Å²) in [7, 11) is 0. The minimum Gasteiger partial charge on any atom is -0.449 e. The van der Waals surface area contributed by atoms with Crippen molar-refractivity contribution in [1.82, 2.24) is 24.7 Å². The minimum absolute atomic E-state index is 0.254. The van der Waals surface area contributed by atoms with Crippen molar-refractivity contribution in [3.63, 3.8) is 0 Å². The molecule has 4 aromatic rings. The summed E-state index contributed by atoms with van der Waals surface area (Å²) in [6, 6.07) is 8.06. The summed E-state index contributed by atoms with van der Waals surface area (Å²) in [5.41, 5.74) is 1.29. The average Bonchev–Trinajstić information content (AvgIpc) is 3.21. The number of benzene rings is 1. The van der Waals surface area contributed by atoms with Crippen molar-refractivity contribution in [2.45, 2.75) is 29.8 Å². The van der Waals surface area contributed by atoms with Gasteiger partial charge in [-0.3, -0.25) is 4.79 Å². The lowest BCUT2D eigenvalue weighted by atomic mass is 10.2. The highest BCUT2D eigenvalue weighted by atomic mass is 32.2. The molecule has 1 saturated carbocycles. The fourth-order valence-electron chi connectivity index (χ4n) is 2.79. The smallest absolute Gasteiger partial charge is 0.294 e. The van der Waals surface area contributed by atoms with Gasteiger partial charge in [0.2, 0.25) is 5.58 Å². The number of nitrogens with zero attached hydrogens (tertiary/aromatic N) is 4. The fourth-order valence-corrected chi connectivity index (χ4v) is 3.64. The van der Waals surface area contributed by atoms with Gasteiger partial charge >= 0.3 is 0 Å². The Morgan fingerprint density at radius 1 is 1.33 bits per heavy atom. The van der Waals surface area contributed by atoms with Crippen LogP contribution >= 0.6 is 11.8 Å². The normalized spacial score (nSPS) is 14.7. The van der Waals surface area contributed by atoms with E-state index < -0.39 is 0 Å². The molecule has 1 aromatic carbocycles. The van der Waals surface area contributed by atoms with Gasteiger partial charge in [-0.2, -0.15) is 0 Å². The SMILES string of the molecule is O=c1[nH]c(CSc2nncn2C2CC2)nc2c1oc1ccccc12. The molecule has 3 heterocycles. The molecule has 0 amide bonds. The maximum Gasteiger partial charge on any atom is 0.294 e. The van der Waals surface area contributed by atoms with Gasteiger partial charge in [-0.25, -0.2) is 4.98 Å². The summed E-state index contributed by atoms with van der Waals surface area (Å²) < 4.78 is 7.70. The Hall–Kier alpha value is -2.61. The first-order chi connectivity index (χ1) is 11.8. The zero-order chi connectivity index (χ0) is 16.1. The highest BCUT2D eigenvalue weighted by Crippen LogP contribution is 2.37. The summed E-state index contributed by atoms with van der Waals surface area (Å²) >= 11 is 1.53. The van der Waals surface area contributed by atoms with E-state index in [4.69, 9.17) is 4.42 Å². The van der Waals surface area contributed by atoms with Gasteiger partial charge < -0.3 is 14.0 Å². The topological polar surface area (TPSA) is 89.6 Å². The Morgan fingerprint density at radius 3 is 3.08 bits per heavy atom. The molecule has 0 saturated heterocycles. The second-order valence-electron chi connectivity index (χ2n) is 5.83. The standard InChI is InChI=1S/C16H13N5O2S/c22-15-14-13(10-3-1-2-4-11(10)23-14)18-12(19-15)7-24-16-20-17-8-21(16)9-5-6-9/h1-4,8-9H,5-7H2,(H,18,19,22). The molecule has 0 unspecified atom stereocenters. The third kappa shape index (κ3) is 2.22. The minimum atomic E-state index is -0.254. The molecule has 1 aliphatic carbocycles. The zero-order valence-electron chi connectivity index (χ0n) is 12.6. The first kappa shape index (κ1) is 13.8. The molecule has 0 aliphatic heterocycles. The Kier molecular flexibility index (Phi) is 2.99. The lowest BCUT2D eigenvalue weighted by Gasteiger charge is -2.03. The molecule has 0 atom stereocenters. The maximum atomic E-state index is 12.3. The van der Waals surface area contributed by atoms with E-state index in [2.05, 4.69) is 24.7 Å². The van der Waals surface area contributed by atoms with Crippen molar-refractivity contribution in [2.24, 2.45) is 0 Å². The molecule has 1 aliphatic rings. The molecule has 120 valence electrons. The molecule has 0 bridgehead atoms. The van der Waals surface area contributed by atoms with Crippen LogP contribution in [-0.4, -0.2) is 24.7 Å². The van der Waals surface area contributed by atoms with Gasteiger partial charge in [0.25, 0.3) is 5.56 Å². The van der Waals surface area contributed by atoms with Crippen LogP contribution < -0.4 is 5.56 Å². The number of hydrogen-bond donors (Lipinski definition) is 1. The molecular formula is C16H13N5O2S. The van der Waals surface area contributed by atoms with E-state index >= 15 is 0 Å². The third-order valence-electron chi connectivity index (χ3n) is 4.10. The van der Waals surface area contributed by atoms with Gasteiger partial charge in [-0.05, 0) is 25.0 Å². The first-order valence-corrected chi connectivity index (χ1v) is 8.71. The van der Waals surface area contributed by atoms with Crippen LogP contribution in [0, 0.1) is 0 Å². The largest absolute Gasteiger partial charge is 0.449 e. The Balaban J connectivity index is 1.51. The van der Waals surface area contributed by atoms with E-state index in [0.29, 0.717) is 28.7 Å². The maximum absolute atomic E-state index is 12.3. The van der Waals surface area contributed by atoms with Crippen LogP contribution in [0.5, 0.6) is 0 Å². The molecule has 3 aromatic heterocycles. The van der Waals surface area contributed by atoms with Crippen molar-refractivity contribution in [1.29, 1.82) is 0 Å². The lowest BCUT2D eigenvalue weighted by molar-refractivity contribution is 0.659. The molecule has 5 rings (SSSR count). The van der Waals surface area contributed by atoms with Gasteiger partial charge in [0.15, 0.2) is 5.16 Å². The number of aromatic amines is 1. The number of hydrogen-bond acceptors (Lipinski definition) is 6. The second kappa shape index (κ2) is 5.20. The average molecular weight is 339 g/mol. The number of aromatic nitrogens is 5. The number of H-pyrrole nitrogens is 1. The van der Waals surface area contributed by atoms with E-state index in [-0.39, 0.29) is 11.1 Å². The summed E-state index contributed by atoms with van der Waals surface area (Å²) in [4.78, 5) is 19.7. The lowest BCUT2D eigenvalue weighted by Crippen LogP contribution is -2.10. The van der Waals surface area contributed by atoms with Crippen LogP contribution in [0.2, 0.25) is 0 Å². The number of rotatable bonds is 4. The van der Waals surface area contributed by atoms with Crippen LogP contribution in [-0.2, 0) is 5.75 Å². The number of thioether (sulfide) groups is 1. The van der Waals surface area contributed by atoms with Gasteiger partial charge in [0.1, 0.15) is 23.3 Å². The van der Waals surface area contributed by atoms with Gasteiger partial charge in [-0.15, -0.1) is 10.2 Å². The van der Waals surface area contributed by atoms with Crippen LogP contribution in [0.25, 0.3) is 22.1 Å². The molecule has 0 radical (unpaired) electrons. The predicted molar refractivity (Wildman–Crippen MR) is 90.0 cm³/mol.